The number of benzene rings is 1. The van der Waals surface area contributed by atoms with Crippen LogP contribution in [-0.4, -0.2) is 32.3 Å². The van der Waals surface area contributed by atoms with E-state index in [2.05, 4.69) is 12.2 Å². The number of hydrogen-bond donors (Lipinski definition) is 1. The summed E-state index contributed by atoms with van der Waals surface area (Å²) in [5, 5.41) is 3.19. The lowest BCUT2D eigenvalue weighted by Crippen LogP contribution is -2.14. The lowest BCUT2D eigenvalue weighted by atomic mass is 10.2. The smallest absolute Gasteiger partial charge is 0.307 e. The van der Waals surface area contributed by atoms with E-state index in [0.717, 1.165) is 25.1 Å². The number of unbranched alkanes of at least 4 members (excludes halogenated alkanes) is 1. The van der Waals surface area contributed by atoms with E-state index in [9.17, 15) is 4.79 Å². The van der Waals surface area contributed by atoms with Gasteiger partial charge in [0.25, 0.3) is 0 Å². The highest BCUT2D eigenvalue weighted by atomic mass is 16.6. The van der Waals surface area contributed by atoms with Crippen molar-refractivity contribution in [1.82, 2.24) is 0 Å². The molecule has 1 aromatic carbocycles. The van der Waals surface area contributed by atoms with Gasteiger partial charge in [0, 0.05) is 18.8 Å². The minimum absolute atomic E-state index is 0.191. The van der Waals surface area contributed by atoms with Gasteiger partial charge in [-0.25, -0.2) is 0 Å². The molecule has 0 amide bonds. The lowest BCUT2D eigenvalue weighted by molar-refractivity contribution is -0.144. The Hall–Kier alpha value is -1.55. The number of nitrogens with one attached hydrogen (secondary N) is 1. The molecule has 20 heavy (non-hydrogen) atoms. The SMILES string of the molecule is CCCCOCCOC(=O)CCNc1ccc(C)cc1. The Morgan fingerprint density at radius 1 is 1.15 bits per heavy atom. The van der Waals surface area contributed by atoms with Crippen LogP contribution < -0.4 is 5.32 Å². The highest BCUT2D eigenvalue weighted by Crippen LogP contribution is 2.08. The zero-order valence-corrected chi connectivity index (χ0v) is 12.5. The lowest BCUT2D eigenvalue weighted by Gasteiger charge is -2.08. The molecule has 0 saturated heterocycles. The third kappa shape index (κ3) is 7.79. The van der Waals surface area contributed by atoms with Gasteiger partial charge in [-0.05, 0) is 25.5 Å². The van der Waals surface area contributed by atoms with Crippen LogP contribution in [0.1, 0.15) is 31.7 Å². The van der Waals surface area contributed by atoms with Crippen LogP contribution in [0.15, 0.2) is 24.3 Å². The number of carbonyl (C=O) groups excluding carboxylic acids is 1. The number of hydrogen-bond acceptors (Lipinski definition) is 4. The molecule has 0 atom stereocenters. The molecule has 1 rings (SSSR count). The van der Waals surface area contributed by atoms with Gasteiger partial charge in [-0.3, -0.25) is 4.79 Å². The Kier molecular flexibility index (Phi) is 8.47. The monoisotopic (exact) mass is 279 g/mol. The Labute approximate surface area is 121 Å². The van der Waals surface area contributed by atoms with Crippen molar-refractivity contribution in [1.29, 1.82) is 0 Å². The van der Waals surface area contributed by atoms with E-state index in [0.29, 0.717) is 26.2 Å². The first-order valence-electron chi connectivity index (χ1n) is 7.26. The van der Waals surface area contributed by atoms with Crippen LogP contribution in [0.3, 0.4) is 0 Å². The summed E-state index contributed by atoms with van der Waals surface area (Å²) in [4.78, 5) is 11.5. The van der Waals surface area contributed by atoms with Gasteiger partial charge in [0.15, 0.2) is 0 Å². The van der Waals surface area contributed by atoms with Crippen molar-refractivity contribution < 1.29 is 14.3 Å². The maximum Gasteiger partial charge on any atom is 0.307 e. The minimum Gasteiger partial charge on any atom is -0.463 e. The van der Waals surface area contributed by atoms with Crippen LogP contribution in [0.5, 0.6) is 0 Å². The maximum absolute atomic E-state index is 11.5. The van der Waals surface area contributed by atoms with Crippen molar-refractivity contribution in [2.75, 3.05) is 31.7 Å². The fourth-order valence-corrected chi connectivity index (χ4v) is 1.62. The summed E-state index contributed by atoms with van der Waals surface area (Å²) in [6, 6.07) is 8.08. The van der Waals surface area contributed by atoms with Gasteiger partial charge in [0.05, 0.1) is 13.0 Å². The molecular weight excluding hydrogens is 254 g/mol. The molecule has 0 saturated carbocycles. The molecule has 0 aromatic heterocycles. The van der Waals surface area contributed by atoms with E-state index in [1.54, 1.807) is 0 Å². The van der Waals surface area contributed by atoms with Crippen LogP contribution in [0.4, 0.5) is 5.69 Å². The highest BCUT2D eigenvalue weighted by molar-refractivity contribution is 5.70. The van der Waals surface area contributed by atoms with Gasteiger partial charge in [0.2, 0.25) is 0 Å². The van der Waals surface area contributed by atoms with E-state index in [1.807, 2.05) is 31.2 Å². The molecule has 4 heteroatoms. The molecule has 0 radical (unpaired) electrons. The molecular formula is C16H25NO3. The molecule has 0 fully saturated rings. The van der Waals surface area contributed by atoms with E-state index >= 15 is 0 Å². The van der Waals surface area contributed by atoms with Crippen molar-refractivity contribution in [3.63, 3.8) is 0 Å². The number of rotatable bonds is 10. The van der Waals surface area contributed by atoms with Crippen molar-refractivity contribution in [3.05, 3.63) is 29.8 Å². The summed E-state index contributed by atoms with van der Waals surface area (Å²) in [6.07, 6.45) is 2.53. The van der Waals surface area contributed by atoms with Crippen LogP contribution in [0, 0.1) is 6.92 Å². The van der Waals surface area contributed by atoms with Crippen LogP contribution in [0.2, 0.25) is 0 Å². The zero-order valence-electron chi connectivity index (χ0n) is 12.5. The van der Waals surface area contributed by atoms with E-state index in [4.69, 9.17) is 9.47 Å². The van der Waals surface area contributed by atoms with Gasteiger partial charge in [-0.2, -0.15) is 0 Å². The number of carbonyl (C=O) groups is 1. The quantitative estimate of drug-likeness (QED) is 0.528. The molecule has 0 bridgehead atoms. The van der Waals surface area contributed by atoms with Crippen LogP contribution >= 0.6 is 0 Å². The summed E-state index contributed by atoms with van der Waals surface area (Å²) in [5.41, 5.74) is 2.24. The average molecular weight is 279 g/mol. The third-order valence-electron chi connectivity index (χ3n) is 2.84. The van der Waals surface area contributed by atoms with Gasteiger partial charge in [0.1, 0.15) is 6.61 Å². The zero-order chi connectivity index (χ0) is 14.6. The first kappa shape index (κ1) is 16.5. The highest BCUT2D eigenvalue weighted by Gasteiger charge is 2.02. The summed E-state index contributed by atoms with van der Waals surface area (Å²) in [5.74, 6) is -0.191. The summed E-state index contributed by atoms with van der Waals surface area (Å²) in [7, 11) is 0. The first-order valence-corrected chi connectivity index (χ1v) is 7.26. The molecule has 0 spiro atoms. The fourth-order valence-electron chi connectivity index (χ4n) is 1.62. The average Bonchev–Trinajstić information content (AvgIpc) is 2.45. The second-order valence-corrected chi connectivity index (χ2v) is 4.73. The number of anilines is 1. The van der Waals surface area contributed by atoms with E-state index in [-0.39, 0.29) is 5.97 Å². The van der Waals surface area contributed by atoms with Gasteiger partial charge < -0.3 is 14.8 Å². The first-order chi connectivity index (χ1) is 9.72. The standard InChI is InChI=1S/C16H25NO3/c1-3-4-11-19-12-13-20-16(18)9-10-17-15-7-5-14(2)6-8-15/h5-8,17H,3-4,9-13H2,1-2H3. The van der Waals surface area contributed by atoms with E-state index < -0.39 is 0 Å². The molecule has 4 nitrogen and oxygen atoms in total. The fraction of sp³-hybridized carbons (Fsp3) is 0.562. The number of ether oxygens (including phenoxy) is 2. The molecule has 0 heterocycles. The minimum atomic E-state index is -0.191. The predicted molar refractivity (Wildman–Crippen MR) is 81.0 cm³/mol. The van der Waals surface area contributed by atoms with Crippen LogP contribution in [0.25, 0.3) is 0 Å². The second kappa shape index (κ2) is 10.3. The molecule has 0 aliphatic carbocycles. The Morgan fingerprint density at radius 3 is 2.60 bits per heavy atom. The number of aryl methyl sites for hydroxylation is 1. The second-order valence-electron chi connectivity index (χ2n) is 4.73. The summed E-state index contributed by atoms with van der Waals surface area (Å²) >= 11 is 0. The normalized spacial score (nSPS) is 10.3. The topological polar surface area (TPSA) is 47.6 Å². The summed E-state index contributed by atoms with van der Waals surface area (Å²) in [6.45, 7) is 6.31. The van der Waals surface area contributed by atoms with Crippen molar-refractivity contribution in [3.8, 4) is 0 Å². The predicted octanol–water partition coefficient (Wildman–Crippen LogP) is 3.16. The molecule has 1 N–H and O–H groups in total. The van der Waals surface area contributed by atoms with Gasteiger partial charge >= 0.3 is 5.97 Å². The van der Waals surface area contributed by atoms with Crippen molar-refractivity contribution in [2.24, 2.45) is 0 Å². The molecule has 0 aliphatic heterocycles. The van der Waals surface area contributed by atoms with Crippen LogP contribution in [-0.2, 0) is 14.3 Å². The molecule has 1 aromatic rings. The molecule has 112 valence electrons. The summed E-state index contributed by atoms with van der Waals surface area (Å²) < 4.78 is 10.4. The molecule has 0 aliphatic rings. The Bertz CT molecular complexity index is 376. The number of esters is 1. The van der Waals surface area contributed by atoms with Gasteiger partial charge in [-0.1, -0.05) is 31.0 Å². The maximum atomic E-state index is 11.5. The molecule has 0 unspecified atom stereocenters. The third-order valence-corrected chi connectivity index (χ3v) is 2.84. The van der Waals surface area contributed by atoms with Crippen molar-refractivity contribution in [2.45, 2.75) is 33.1 Å². The van der Waals surface area contributed by atoms with Crippen molar-refractivity contribution >= 4 is 11.7 Å². The Balaban J connectivity index is 2.01. The largest absolute Gasteiger partial charge is 0.463 e. The Morgan fingerprint density at radius 2 is 1.90 bits per heavy atom. The van der Waals surface area contributed by atoms with Gasteiger partial charge in [-0.15, -0.1) is 0 Å². The van der Waals surface area contributed by atoms with E-state index in [1.165, 1.54) is 5.56 Å².